The van der Waals surface area contributed by atoms with Crippen LogP contribution in [0.5, 0.6) is 0 Å². The summed E-state index contributed by atoms with van der Waals surface area (Å²) in [6, 6.07) is 0. The monoisotopic (exact) mass is 181 g/mol. The Morgan fingerprint density at radius 3 is 2.77 bits per heavy atom. The summed E-state index contributed by atoms with van der Waals surface area (Å²) in [7, 11) is 0. The molecule has 0 unspecified atom stereocenters. The Morgan fingerprint density at radius 2 is 2.15 bits per heavy atom. The van der Waals surface area contributed by atoms with Gasteiger partial charge in [0.05, 0.1) is 5.69 Å². The van der Waals surface area contributed by atoms with Crippen LogP contribution in [0.15, 0.2) is 10.7 Å². The molecule has 1 saturated carbocycles. The normalized spacial score (nSPS) is 19.2. The first-order valence-corrected chi connectivity index (χ1v) is 4.95. The summed E-state index contributed by atoms with van der Waals surface area (Å²) < 4.78 is 5.11. The number of aromatic nitrogens is 1. The van der Waals surface area contributed by atoms with E-state index in [9.17, 15) is 0 Å². The van der Waals surface area contributed by atoms with Gasteiger partial charge in [0, 0.05) is 5.92 Å². The van der Waals surface area contributed by atoms with E-state index in [0.717, 1.165) is 5.69 Å². The average Bonchev–Trinajstić information content (AvgIpc) is 2.67. The first-order valence-electron chi connectivity index (χ1n) is 4.95. The Hall–Kier alpha value is -0.830. The molecule has 3 heteroatoms. The molecule has 1 aromatic heterocycles. The smallest absolute Gasteiger partial charge is 0.219 e. The molecule has 1 aliphatic rings. The highest BCUT2D eigenvalue weighted by Gasteiger charge is 2.18. The summed E-state index contributed by atoms with van der Waals surface area (Å²) in [5.74, 6) is 1.01. The molecule has 2 rings (SSSR count). The topological polar surface area (TPSA) is 46.3 Å². The van der Waals surface area contributed by atoms with E-state index >= 15 is 0 Å². The second kappa shape index (κ2) is 3.92. The van der Waals surface area contributed by atoms with Gasteiger partial charge in [-0.3, -0.25) is 0 Å². The van der Waals surface area contributed by atoms with Crippen LogP contribution >= 0.6 is 0 Å². The highest BCUT2D eigenvalue weighted by Crippen LogP contribution is 2.31. The van der Waals surface area contributed by atoms with E-state index in [1.165, 1.54) is 32.1 Å². The predicted octanol–water partition coefficient (Wildman–Crippen LogP) is 2.21. The fourth-order valence-electron chi connectivity index (χ4n) is 1.98. The Balaban J connectivity index is 2.05. The summed E-state index contributed by atoms with van der Waals surface area (Å²) in [4.78, 5) is 4.24. The minimum absolute atomic E-state index is 0.0906. The van der Waals surface area contributed by atoms with Crippen LogP contribution in [-0.4, -0.2) is 10.1 Å². The molecule has 0 atom stereocenters. The maximum atomic E-state index is 8.79. The molecule has 0 saturated heterocycles. The standard InChI is InChI=1S/C10H15NO2/c12-6-10-11-9(7-13-10)8-4-2-1-3-5-8/h7-8,12H,1-6H2. The zero-order valence-electron chi connectivity index (χ0n) is 7.70. The van der Waals surface area contributed by atoms with Crippen LogP contribution in [0, 0.1) is 0 Å². The molecule has 3 nitrogen and oxygen atoms in total. The van der Waals surface area contributed by atoms with E-state index in [-0.39, 0.29) is 6.61 Å². The first kappa shape index (κ1) is 8.75. The van der Waals surface area contributed by atoms with Gasteiger partial charge in [0.25, 0.3) is 0 Å². The lowest BCUT2D eigenvalue weighted by molar-refractivity contribution is 0.240. The van der Waals surface area contributed by atoms with E-state index in [1.54, 1.807) is 6.26 Å². The van der Waals surface area contributed by atoms with Crippen LogP contribution in [0.4, 0.5) is 0 Å². The fourth-order valence-corrected chi connectivity index (χ4v) is 1.98. The van der Waals surface area contributed by atoms with E-state index in [1.807, 2.05) is 0 Å². The maximum Gasteiger partial charge on any atom is 0.219 e. The minimum atomic E-state index is -0.0906. The summed E-state index contributed by atoms with van der Waals surface area (Å²) in [6.45, 7) is -0.0906. The molecular weight excluding hydrogens is 166 g/mol. The van der Waals surface area contributed by atoms with Gasteiger partial charge in [0.1, 0.15) is 12.9 Å². The number of hydrogen-bond donors (Lipinski definition) is 1. The lowest BCUT2D eigenvalue weighted by Crippen LogP contribution is -2.04. The van der Waals surface area contributed by atoms with Gasteiger partial charge in [-0.2, -0.15) is 0 Å². The van der Waals surface area contributed by atoms with Crippen molar-refractivity contribution < 1.29 is 9.52 Å². The van der Waals surface area contributed by atoms with Crippen molar-refractivity contribution in [2.45, 2.75) is 44.6 Å². The van der Waals surface area contributed by atoms with Crippen molar-refractivity contribution in [3.63, 3.8) is 0 Å². The number of rotatable bonds is 2. The molecule has 0 amide bonds. The number of aliphatic hydroxyl groups excluding tert-OH is 1. The van der Waals surface area contributed by atoms with Crippen molar-refractivity contribution in [1.29, 1.82) is 0 Å². The summed E-state index contributed by atoms with van der Waals surface area (Å²) in [5.41, 5.74) is 1.03. The number of nitrogens with zero attached hydrogens (tertiary/aromatic N) is 1. The average molecular weight is 181 g/mol. The fraction of sp³-hybridized carbons (Fsp3) is 0.700. The van der Waals surface area contributed by atoms with E-state index in [2.05, 4.69) is 4.98 Å². The van der Waals surface area contributed by atoms with E-state index in [4.69, 9.17) is 9.52 Å². The van der Waals surface area contributed by atoms with Crippen molar-refractivity contribution in [2.75, 3.05) is 0 Å². The molecule has 1 N–H and O–H groups in total. The Bertz CT molecular complexity index is 264. The third kappa shape index (κ3) is 1.91. The summed E-state index contributed by atoms with van der Waals surface area (Å²) in [6.07, 6.45) is 8.08. The lowest BCUT2D eigenvalue weighted by atomic mass is 9.87. The van der Waals surface area contributed by atoms with Gasteiger partial charge in [-0.25, -0.2) is 4.98 Å². The third-order valence-corrected chi connectivity index (χ3v) is 2.73. The van der Waals surface area contributed by atoms with Crippen LogP contribution in [0.2, 0.25) is 0 Å². The first-order chi connectivity index (χ1) is 6.40. The summed E-state index contributed by atoms with van der Waals surface area (Å²) >= 11 is 0. The molecule has 0 aliphatic heterocycles. The molecule has 0 aromatic carbocycles. The highest BCUT2D eigenvalue weighted by atomic mass is 16.4. The molecule has 1 heterocycles. The van der Waals surface area contributed by atoms with Crippen LogP contribution in [-0.2, 0) is 6.61 Å². The Labute approximate surface area is 77.8 Å². The lowest BCUT2D eigenvalue weighted by Gasteiger charge is -2.18. The molecular formula is C10H15NO2. The van der Waals surface area contributed by atoms with Gasteiger partial charge in [-0.05, 0) is 12.8 Å². The van der Waals surface area contributed by atoms with Crippen molar-refractivity contribution in [1.82, 2.24) is 4.98 Å². The molecule has 0 bridgehead atoms. The van der Waals surface area contributed by atoms with Crippen LogP contribution in [0.3, 0.4) is 0 Å². The van der Waals surface area contributed by atoms with Crippen LogP contribution in [0.25, 0.3) is 0 Å². The van der Waals surface area contributed by atoms with Crippen molar-refractivity contribution in [2.24, 2.45) is 0 Å². The van der Waals surface area contributed by atoms with Gasteiger partial charge in [-0.1, -0.05) is 19.3 Å². The van der Waals surface area contributed by atoms with Crippen molar-refractivity contribution >= 4 is 0 Å². The highest BCUT2D eigenvalue weighted by molar-refractivity contribution is 5.04. The maximum absolute atomic E-state index is 8.79. The minimum Gasteiger partial charge on any atom is -0.446 e. The van der Waals surface area contributed by atoms with Gasteiger partial charge in [0.2, 0.25) is 5.89 Å². The number of oxazole rings is 1. The molecule has 1 fully saturated rings. The molecule has 13 heavy (non-hydrogen) atoms. The van der Waals surface area contributed by atoms with Gasteiger partial charge in [0.15, 0.2) is 0 Å². The zero-order valence-corrected chi connectivity index (χ0v) is 7.70. The molecule has 0 spiro atoms. The molecule has 72 valence electrons. The predicted molar refractivity (Wildman–Crippen MR) is 48.3 cm³/mol. The van der Waals surface area contributed by atoms with Crippen LogP contribution in [0.1, 0.15) is 49.6 Å². The summed E-state index contributed by atoms with van der Waals surface area (Å²) in [5, 5.41) is 8.79. The quantitative estimate of drug-likeness (QED) is 0.760. The van der Waals surface area contributed by atoms with Gasteiger partial charge in [-0.15, -0.1) is 0 Å². The van der Waals surface area contributed by atoms with Crippen LogP contribution < -0.4 is 0 Å². The molecule has 1 aliphatic carbocycles. The second-order valence-electron chi connectivity index (χ2n) is 3.66. The van der Waals surface area contributed by atoms with Gasteiger partial charge >= 0.3 is 0 Å². The zero-order chi connectivity index (χ0) is 9.10. The second-order valence-corrected chi connectivity index (χ2v) is 3.66. The van der Waals surface area contributed by atoms with Crippen molar-refractivity contribution in [3.8, 4) is 0 Å². The SMILES string of the molecule is OCc1nc(C2CCCCC2)co1. The van der Waals surface area contributed by atoms with Crippen molar-refractivity contribution in [3.05, 3.63) is 17.8 Å². The third-order valence-electron chi connectivity index (χ3n) is 2.73. The molecule has 0 radical (unpaired) electrons. The Morgan fingerprint density at radius 1 is 1.38 bits per heavy atom. The number of aliphatic hydroxyl groups is 1. The van der Waals surface area contributed by atoms with E-state index < -0.39 is 0 Å². The van der Waals surface area contributed by atoms with Gasteiger partial charge < -0.3 is 9.52 Å². The number of hydrogen-bond acceptors (Lipinski definition) is 3. The van der Waals surface area contributed by atoms with E-state index in [0.29, 0.717) is 11.8 Å². The largest absolute Gasteiger partial charge is 0.446 e. The molecule has 1 aromatic rings. The Kier molecular flexibility index (Phi) is 2.64.